The number of hydrogen-bond acceptors (Lipinski definition) is 27. The van der Waals surface area contributed by atoms with E-state index >= 15 is 0 Å². The van der Waals surface area contributed by atoms with Crippen molar-refractivity contribution in [2.45, 2.75) is 330 Å². The molecule has 126 heavy (non-hydrogen) atoms. The zero-order chi connectivity index (χ0) is 93.6. The van der Waals surface area contributed by atoms with Crippen molar-refractivity contribution in [3.8, 4) is 0 Å². The number of nitrogens with one attached hydrogen (secondary N) is 11. The van der Waals surface area contributed by atoms with E-state index in [0.717, 1.165) is 68.0 Å². The molecule has 4 aliphatic heterocycles. The van der Waals surface area contributed by atoms with E-state index in [1.165, 1.54) is 52.9 Å². The summed E-state index contributed by atoms with van der Waals surface area (Å²) in [6.07, 6.45) is 9.38. The Hall–Kier alpha value is -7.83. The van der Waals surface area contributed by atoms with Gasteiger partial charge in [-0.1, -0.05) is 92.9 Å². The van der Waals surface area contributed by atoms with Crippen LogP contribution in [0.15, 0.2) is 0 Å². The van der Waals surface area contributed by atoms with Crippen molar-refractivity contribution in [2.24, 2.45) is 29.4 Å². The molecule has 2 aliphatic carbocycles. The molecule has 6 fully saturated rings. The van der Waals surface area contributed by atoms with Crippen LogP contribution in [0.1, 0.15) is 237 Å². The van der Waals surface area contributed by atoms with E-state index in [9.17, 15) is 111 Å². The van der Waals surface area contributed by atoms with E-state index < -0.39 is 172 Å². The molecule has 0 bridgehead atoms. The molecular weight excluding hydrogens is 1740 g/mol. The summed E-state index contributed by atoms with van der Waals surface area (Å²) in [6.45, 7) is 18.4. The SMILES string of the molecule is CC(=O)CCC(NC(C)=O)C(=O)NC(CCC(C)=O)C(=O)NC(C(=O)O)C(C)C.CCCC(NC(=O)[C@@H]1CC2(CN1C(=O)C(N)C1CCCCC1)SCCS2)C(O)C(=O)NCC=O.CCCC(NC(=O)[C@@H]1CC2(CN1C(=O)C(NC(=O)C(NC(=O)C(CCC(C)=O)NC(=O)C(CCC(C)=O)NC(C)=O)C(C)C)C1CCCCC1)SCCS2)C(O)C(=O)NCC=O.Cl. The topological polar surface area (TPSA) is 567 Å². The second-order valence-corrected chi connectivity index (χ2v) is 40.2. The van der Waals surface area contributed by atoms with Gasteiger partial charge in [0.2, 0.25) is 65.0 Å². The molecule has 12 unspecified atom stereocenters. The number of hydrogen-bond donors (Lipinski definition) is 15. The van der Waals surface area contributed by atoms with Crippen LogP contribution >= 0.6 is 59.5 Å². The third kappa shape index (κ3) is 37.0. The van der Waals surface area contributed by atoms with Crippen LogP contribution in [0.2, 0.25) is 0 Å². The minimum absolute atomic E-state index is 0. The number of rotatable bonds is 47. The molecule has 712 valence electrons. The fourth-order valence-electron chi connectivity index (χ4n) is 15.9. The van der Waals surface area contributed by atoms with Crippen molar-refractivity contribution in [3.63, 3.8) is 0 Å². The van der Waals surface area contributed by atoms with E-state index in [1.54, 1.807) is 79.6 Å². The Morgan fingerprint density at radius 1 is 0.421 bits per heavy atom. The second kappa shape index (κ2) is 56.6. The molecular formula is C84H137ClN14O23S4. The van der Waals surface area contributed by atoms with E-state index in [-0.39, 0.29) is 141 Å². The smallest absolute Gasteiger partial charge is 0.326 e. The Kier molecular flexibility index (Phi) is 50.5. The Bertz CT molecular complexity index is 3730. The first kappa shape index (κ1) is 112. The zero-order valence-electron chi connectivity index (χ0n) is 74.7. The van der Waals surface area contributed by atoms with E-state index in [2.05, 4.69) is 58.5 Å². The summed E-state index contributed by atoms with van der Waals surface area (Å²) in [5, 5.41) is 59.0. The lowest BCUT2D eigenvalue weighted by Gasteiger charge is -2.36. The molecule has 0 aromatic heterocycles. The van der Waals surface area contributed by atoms with Crippen molar-refractivity contribution in [1.29, 1.82) is 0 Å². The van der Waals surface area contributed by atoms with Gasteiger partial charge in [0.25, 0.3) is 11.8 Å². The molecule has 6 aliphatic rings. The van der Waals surface area contributed by atoms with Gasteiger partial charge < -0.3 is 118 Å². The number of carbonyl (C=O) groups is 20. The molecule has 42 heteroatoms. The van der Waals surface area contributed by atoms with Gasteiger partial charge in [0.05, 0.1) is 39.4 Å². The third-order valence-electron chi connectivity index (χ3n) is 22.7. The number of likely N-dealkylation sites (tertiary alicyclic amines) is 2. The highest BCUT2D eigenvalue weighted by Gasteiger charge is 2.55. The van der Waals surface area contributed by atoms with Crippen LogP contribution in [0.5, 0.6) is 0 Å². The van der Waals surface area contributed by atoms with Gasteiger partial charge in [-0.15, -0.1) is 59.5 Å². The molecule has 2 saturated carbocycles. The highest BCUT2D eigenvalue weighted by molar-refractivity contribution is 8.21. The molecule has 14 atom stereocenters. The fourth-order valence-corrected chi connectivity index (χ4v) is 22.4. The number of aliphatic carboxylic acids is 1. The second-order valence-electron chi connectivity index (χ2n) is 33.8. The van der Waals surface area contributed by atoms with Crippen LogP contribution in [0, 0.1) is 23.7 Å². The zero-order valence-corrected chi connectivity index (χ0v) is 78.8. The van der Waals surface area contributed by atoms with E-state index in [1.807, 2.05) is 13.8 Å². The summed E-state index contributed by atoms with van der Waals surface area (Å²) in [5.41, 5.74) is 6.45. The number of aliphatic hydroxyl groups is 2. The number of amides is 13. The molecule has 13 amide bonds. The fraction of sp³-hybridized carbons (Fsp3) is 0.762. The molecule has 4 heterocycles. The summed E-state index contributed by atoms with van der Waals surface area (Å²) in [6, 6.07) is -12.2. The van der Waals surface area contributed by atoms with Gasteiger partial charge in [-0.25, -0.2) is 4.79 Å². The van der Waals surface area contributed by atoms with Gasteiger partial charge in [-0.3, -0.25) is 62.3 Å². The molecule has 6 rings (SSSR count). The van der Waals surface area contributed by atoms with Gasteiger partial charge in [-0.05, 0) is 116 Å². The predicted molar refractivity (Wildman–Crippen MR) is 480 cm³/mol. The molecule has 37 nitrogen and oxygen atoms in total. The Morgan fingerprint density at radius 2 is 0.746 bits per heavy atom. The summed E-state index contributed by atoms with van der Waals surface area (Å²) >= 11 is 6.91. The number of carboxylic acid groups (broad SMARTS) is 1. The summed E-state index contributed by atoms with van der Waals surface area (Å²) < 4.78 is -0.706. The lowest BCUT2D eigenvalue weighted by atomic mass is 9.83. The van der Waals surface area contributed by atoms with Crippen LogP contribution in [-0.4, -0.2) is 286 Å². The number of aliphatic hydroxyl groups excluding tert-OH is 2. The Balaban J connectivity index is 0.000000538. The van der Waals surface area contributed by atoms with Gasteiger partial charge >= 0.3 is 5.97 Å². The van der Waals surface area contributed by atoms with Crippen LogP contribution < -0.4 is 64.2 Å². The molecule has 0 aromatic rings. The number of nitrogens with zero attached hydrogens (tertiary/aromatic N) is 2. The van der Waals surface area contributed by atoms with Crippen molar-refractivity contribution in [3.05, 3.63) is 0 Å². The van der Waals surface area contributed by atoms with Gasteiger partial charge in [0.15, 0.2) is 12.2 Å². The van der Waals surface area contributed by atoms with Crippen LogP contribution in [0.3, 0.4) is 0 Å². The molecule has 0 aromatic carbocycles. The number of carboxylic acids is 1. The highest BCUT2D eigenvalue weighted by atomic mass is 35.5. The summed E-state index contributed by atoms with van der Waals surface area (Å²) in [7, 11) is 0. The maximum absolute atomic E-state index is 15.0. The average Bonchev–Trinajstić information content (AvgIpc) is 1.62. The summed E-state index contributed by atoms with van der Waals surface area (Å²) in [4.78, 5) is 253. The lowest BCUT2D eigenvalue weighted by molar-refractivity contribution is -0.144. The quantitative estimate of drug-likeness (QED) is 0.0385. The standard InChI is InChI=1S/C42H67N7O11S2.C23H38N4O5S2.C19H31N3O7.ClH/c1-7-11-29(35(54)40(59)43-18-19-50)45-38(57)32-22-42(61-20-21-62-42)23-49(32)41(60)34(28-12-9-8-10-13-28)48-39(58)33(24(2)3)47-37(56)31(17-15-26(5)52)46-36(55)30(44-27(6)53)16-14-25(4)51;1-2-6-16(19(29)21(31)25-9-10-28)26-20(30)17-13-23(33-11-12-34-23)14-27(17)22(32)18(24)15-7-4-3-5-8-15;1-10(2)16(19(28)29)22-18(27)15(9-7-12(4)24)21-17(26)14(20-13(5)25)8-6-11(3)23;/h19,24,28-35,54H,7-18,20-23H2,1-6H3,(H,43,59)(H,44,53)(H,45,57)(H,46,55)(H,47,56)(H,48,58);10,15-19,29H,2-9,11-14,24H2,1H3,(H,25,31)(H,26,30);10,14-16H,6-9H2,1-5H3,(H,20,25)(H,21,26)(H,22,27)(H,28,29);1H/t29?,30?,31?,32-,33?,34?,35?;16?,17-,18?,19?;;/m00../s1. The molecule has 2 spiro atoms. The van der Waals surface area contributed by atoms with Crippen LogP contribution in [0.25, 0.3) is 0 Å². The molecule has 16 N–H and O–H groups in total. The van der Waals surface area contributed by atoms with Crippen LogP contribution in [-0.2, 0) is 95.9 Å². The predicted octanol–water partition coefficient (Wildman–Crippen LogP) is 1.65. The number of aldehydes is 2. The highest BCUT2D eigenvalue weighted by Crippen LogP contribution is 2.53. The molecule has 0 radical (unpaired) electrons. The number of Topliss-reactive ketones (excluding diaryl/α,β-unsaturated/α-hetero) is 4. The van der Waals surface area contributed by atoms with Crippen LogP contribution in [0.4, 0.5) is 0 Å². The first-order valence-electron chi connectivity index (χ1n) is 43.6. The van der Waals surface area contributed by atoms with E-state index in [4.69, 9.17) is 5.73 Å². The van der Waals surface area contributed by atoms with Gasteiger partial charge in [0.1, 0.15) is 90.1 Å². The van der Waals surface area contributed by atoms with Crippen molar-refractivity contribution >= 4 is 178 Å². The first-order chi connectivity index (χ1) is 59.0. The minimum Gasteiger partial charge on any atom is -0.480 e. The summed E-state index contributed by atoms with van der Waals surface area (Å²) in [5.74, 6) is -7.19. The number of nitrogens with two attached hydrogens (primary N) is 1. The van der Waals surface area contributed by atoms with Crippen molar-refractivity contribution < 1.29 is 111 Å². The lowest BCUT2D eigenvalue weighted by Crippen LogP contribution is -2.62. The normalized spacial score (nSPS) is 19.8. The average molecular weight is 1870 g/mol. The van der Waals surface area contributed by atoms with E-state index in [0.29, 0.717) is 64.1 Å². The number of halogens is 1. The van der Waals surface area contributed by atoms with Crippen molar-refractivity contribution in [2.75, 3.05) is 49.2 Å². The largest absolute Gasteiger partial charge is 0.480 e. The Labute approximate surface area is 761 Å². The first-order valence-corrected chi connectivity index (χ1v) is 47.5. The van der Waals surface area contributed by atoms with Gasteiger partial charge in [0, 0.05) is 88.5 Å². The maximum Gasteiger partial charge on any atom is 0.326 e. The number of ketones is 4. The Morgan fingerprint density at radius 3 is 1.06 bits per heavy atom. The monoisotopic (exact) mass is 1870 g/mol. The van der Waals surface area contributed by atoms with Crippen molar-refractivity contribution in [1.82, 2.24) is 68.3 Å². The van der Waals surface area contributed by atoms with Gasteiger partial charge in [-0.2, -0.15) is 0 Å². The number of thioether (sulfide) groups is 4. The third-order valence-corrected chi connectivity index (χ3v) is 29.5. The minimum atomic E-state index is -1.65. The molecule has 4 saturated heterocycles. The number of carbonyl (C=O) groups excluding carboxylic acids is 19. The maximum atomic E-state index is 15.0.